The van der Waals surface area contributed by atoms with E-state index in [1.165, 1.54) is 25.8 Å². The Bertz CT molecular complexity index is 783. The zero-order valence-corrected chi connectivity index (χ0v) is 16.3. The third-order valence-corrected chi connectivity index (χ3v) is 4.91. The highest BCUT2D eigenvalue weighted by molar-refractivity contribution is 8.00. The second-order valence-electron chi connectivity index (χ2n) is 5.52. The zero-order valence-electron chi connectivity index (χ0n) is 14.7. The smallest absolute Gasteiger partial charge is 0.317 e. The number of rotatable bonds is 7. The Morgan fingerprint density at radius 1 is 1.23 bits per heavy atom. The summed E-state index contributed by atoms with van der Waals surface area (Å²) in [5, 5.41) is 3.24. The number of methoxy groups -OCH3 is 1. The molecule has 1 N–H and O–H groups in total. The summed E-state index contributed by atoms with van der Waals surface area (Å²) in [6.45, 7) is 3.34. The maximum Gasteiger partial charge on any atom is 0.317 e. The molecule has 0 bridgehead atoms. The number of ether oxygens (including phenoxy) is 2. The lowest BCUT2D eigenvalue weighted by Gasteiger charge is -2.16. The standard InChI is InChI=1S/C19H20ClNO4S/c1-12-9-16(17(24-3)10-15(12)20)21-19(23)13(2)25-18(22)11-26-14-7-5-4-6-8-14/h4-10,13H,11H2,1-3H3,(H,21,23)/t13-/m0/s1. The fraction of sp³-hybridized carbons (Fsp3) is 0.263. The molecule has 2 rings (SSSR count). The highest BCUT2D eigenvalue weighted by atomic mass is 35.5. The molecule has 0 saturated heterocycles. The quantitative estimate of drug-likeness (QED) is 0.560. The van der Waals surface area contributed by atoms with E-state index < -0.39 is 18.0 Å². The topological polar surface area (TPSA) is 64.6 Å². The Labute approximate surface area is 162 Å². The van der Waals surface area contributed by atoms with Gasteiger partial charge in [0.1, 0.15) is 5.75 Å². The maximum atomic E-state index is 12.3. The van der Waals surface area contributed by atoms with Gasteiger partial charge in [-0.25, -0.2) is 0 Å². The molecular weight excluding hydrogens is 374 g/mol. The molecule has 0 aliphatic carbocycles. The average molecular weight is 394 g/mol. The number of esters is 1. The number of thioether (sulfide) groups is 1. The van der Waals surface area contributed by atoms with Crippen LogP contribution in [0.25, 0.3) is 0 Å². The summed E-state index contributed by atoms with van der Waals surface area (Å²) in [6.07, 6.45) is -0.931. The first kappa shape index (κ1) is 20.1. The highest BCUT2D eigenvalue weighted by Crippen LogP contribution is 2.31. The molecule has 0 unspecified atom stereocenters. The summed E-state index contributed by atoms with van der Waals surface area (Å²) in [5.74, 6) is -0.332. The molecule has 0 saturated carbocycles. The normalized spacial score (nSPS) is 11.5. The van der Waals surface area contributed by atoms with E-state index in [1.807, 2.05) is 37.3 Å². The van der Waals surface area contributed by atoms with Crippen LogP contribution < -0.4 is 10.1 Å². The zero-order chi connectivity index (χ0) is 19.1. The largest absolute Gasteiger partial charge is 0.495 e. The summed E-state index contributed by atoms with van der Waals surface area (Å²) >= 11 is 7.41. The van der Waals surface area contributed by atoms with Crippen molar-refractivity contribution in [1.29, 1.82) is 0 Å². The van der Waals surface area contributed by atoms with Gasteiger partial charge in [0.05, 0.1) is 18.6 Å². The monoisotopic (exact) mass is 393 g/mol. The molecule has 5 nitrogen and oxygen atoms in total. The fourth-order valence-electron chi connectivity index (χ4n) is 2.11. The molecular formula is C19H20ClNO4S. The third kappa shape index (κ3) is 5.68. The van der Waals surface area contributed by atoms with Crippen molar-refractivity contribution in [3.8, 4) is 5.75 Å². The van der Waals surface area contributed by atoms with Gasteiger partial charge < -0.3 is 14.8 Å². The number of benzene rings is 2. The second kappa shape index (κ2) is 9.50. The van der Waals surface area contributed by atoms with Crippen molar-refractivity contribution in [2.45, 2.75) is 24.8 Å². The SMILES string of the molecule is COc1cc(Cl)c(C)cc1NC(=O)[C@H](C)OC(=O)CSc1ccccc1. The number of aryl methyl sites for hydroxylation is 1. The van der Waals surface area contributed by atoms with Gasteiger partial charge in [0.25, 0.3) is 5.91 Å². The highest BCUT2D eigenvalue weighted by Gasteiger charge is 2.20. The Morgan fingerprint density at radius 2 is 1.92 bits per heavy atom. The first-order valence-electron chi connectivity index (χ1n) is 7.93. The van der Waals surface area contributed by atoms with E-state index in [0.29, 0.717) is 16.5 Å². The molecule has 0 fully saturated rings. The van der Waals surface area contributed by atoms with Gasteiger partial charge in [-0.2, -0.15) is 0 Å². The molecule has 0 heterocycles. The molecule has 1 amide bonds. The lowest BCUT2D eigenvalue weighted by atomic mass is 10.2. The molecule has 1 atom stereocenters. The molecule has 0 radical (unpaired) electrons. The van der Waals surface area contributed by atoms with Crippen LogP contribution in [0, 0.1) is 6.92 Å². The van der Waals surface area contributed by atoms with Gasteiger partial charge in [-0.1, -0.05) is 29.8 Å². The predicted molar refractivity (Wildman–Crippen MR) is 104 cm³/mol. The van der Waals surface area contributed by atoms with Crippen LogP contribution in [-0.2, 0) is 14.3 Å². The molecule has 0 aliphatic heterocycles. The van der Waals surface area contributed by atoms with E-state index in [-0.39, 0.29) is 5.75 Å². The van der Waals surface area contributed by atoms with Crippen LogP contribution >= 0.6 is 23.4 Å². The number of halogens is 1. The van der Waals surface area contributed by atoms with Gasteiger partial charge in [-0.15, -0.1) is 11.8 Å². The van der Waals surface area contributed by atoms with Crippen LogP contribution in [0.1, 0.15) is 12.5 Å². The number of carbonyl (C=O) groups is 2. The number of amides is 1. The summed E-state index contributed by atoms with van der Waals surface area (Å²) < 4.78 is 10.4. The minimum absolute atomic E-state index is 0.130. The molecule has 0 aliphatic rings. The first-order valence-corrected chi connectivity index (χ1v) is 9.29. The van der Waals surface area contributed by atoms with Crippen LogP contribution in [-0.4, -0.2) is 30.8 Å². The molecule has 0 aromatic heterocycles. The Balaban J connectivity index is 1.91. The number of anilines is 1. The third-order valence-electron chi connectivity index (χ3n) is 3.52. The summed E-state index contributed by atoms with van der Waals surface area (Å²) in [6, 6.07) is 12.8. The lowest BCUT2D eigenvalue weighted by Crippen LogP contribution is -2.30. The Morgan fingerprint density at radius 3 is 2.58 bits per heavy atom. The van der Waals surface area contributed by atoms with Crippen molar-refractivity contribution in [1.82, 2.24) is 0 Å². The van der Waals surface area contributed by atoms with Crippen LogP contribution in [0.4, 0.5) is 5.69 Å². The second-order valence-corrected chi connectivity index (χ2v) is 6.98. The van der Waals surface area contributed by atoms with Crippen LogP contribution in [0.3, 0.4) is 0 Å². The Kier molecular flexibility index (Phi) is 7.36. The van der Waals surface area contributed by atoms with E-state index in [1.54, 1.807) is 12.1 Å². The van der Waals surface area contributed by atoms with Crippen LogP contribution in [0.5, 0.6) is 5.75 Å². The minimum Gasteiger partial charge on any atom is -0.495 e. The van der Waals surface area contributed by atoms with Crippen LogP contribution in [0.2, 0.25) is 5.02 Å². The van der Waals surface area contributed by atoms with Crippen molar-refractivity contribution in [2.75, 3.05) is 18.2 Å². The molecule has 0 spiro atoms. The molecule has 2 aromatic rings. The summed E-state index contributed by atoms with van der Waals surface area (Å²) in [4.78, 5) is 25.2. The summed E-state index contributed by atoms with van der Waals surface area (Å²) in [7, 11) is 1.49. The van der Waals surface area contributed by atoms with Gasteiger partial charge in [0.15, 0.2) is 6.10 Å². The van der Waals surface area contributed by atoms with E-state index in [4.69, 9.17) is 21.1 Å². The number of nitrogens with one attached hydrogen (secondary N) is 1. The maximum absolute atomic E-state index is 12.3. The fourth-order valence-corrected chi connectivity index (χ4v) is 2.96. The number of carbonyl (C=O) groups excluding carboxylic acids is 2. The van der Waals surface area contributed by atoms with E-state index in [2.05, 4.69) is 5.32 Å². The van der Waals surface area contributed by atoms with Crippen molar-refractivity contribution in [3.63, 3.8) is 0 Å². The van der Waals surface area contributed by atoms with E-state index in [9.17, 15) is 9.59 Å². The molecule has 26 heavy (non-hydrogen) atoms. The van der Waals surface area contributed by atoms with Crippen molar-refractivity contribution < 1.29 is 19.1 Å². The van der Waals surface area contributed by atoms with Gasteiger partial charge in [-0.3, -0.25) is 9.59 Å². The van der Waals surface area contributed by atoms with Gasteiger partial charge in [-0.05, 0) is 37.6 Å². The predicted octanol–water partition coefficient (Wildman–Crippen LogP) is 4.32. The van der Waals surface area contributed by atoms with E-state index in [0.717, 1.165) is 10.5 Å². The van der Waals surface area contributed by atoms with Crippen molar-refractivity contribution in [2.24, 2.45) is 0 Å². The Hall–Kier alpha value is -2.18. The van der Waals surface area contributed by atoms with Crippen LogP contribution in [0.15, 0.2) is 47.4 Å². The van der Waals surface area contributed by atoms with Gasteiger partial charge in [0.2, 0.25) is 0 Å². The average Bonchev–Trinajstić information content (AvgIpc) is 2.63. The molecule has 138 valence electrons. The van der Waals surface area contributed by atoms with Gasteiger partial charge in [0, 0.05) is 16.0 Å². The first-order chi connectivity index (χ1) is 12.4. The van der Waals surface area contributed by atoms with Crippen molar-refractivity contribution in [3.05, 3.63) is 53.1 Å². The summed E-state index contributed by atoms with van der Waals surface area (Å²) in [5.41, 5.74) is 1.27. The van der Waals surface area contributed by atoms with E-state index >= 15 is 0 Å². The van der Waals surface area contributed by atoms with Crippen molar-refractivity contribution >= 4 is 40.9 Å². The minimum atomic E-state index is -0.931. The van der Waals surface area contributed by atoms with Gasteiger partial charge >= 0.3 is 5.97 Å². The lowest BCUT2D eigenvalue weighted by molar-refractivity contribution is -0.150. The number of hydrogen-bond acceptors (Lipinski definition) is 5. The molecule has 2 aromatic carbocycles. The molecule has 7 heteroatoms. The number of hydrogen-bond donors (Lipinski definition) is 1.